The van der Waals surface area contributed by atoms with Gasteiger partial charge in [-0.3, -0.25) is 9.44 Å². The second-order valence-corrected chi connectivity index (χ2v) is 10.3. The van der Waals surface area contributed by atoms with Crippen molar-refractivity contribution in [2.45, 2.75) is 9.79 Å². The van der Waals surface area contributed by atoms with Crippen LogP contribution in [0.5, 0.6) is 5.75 Å². The highest BCUT2D eigenvalue weighted by atomic mass is 35.5. The molecule has 7 nitrogen and oxygen atoms in total. The molecule has 0 fully saturated rings. The molecule has 0 aromatic heterocycles. The molecule has 158 valence electrons. The molecule has 0 radical (unpaired) electrons. The molecule has 0 saturated carbocycles. The first kappa shape index (κ1) is 22.2. The van der Waals surface area contributed by atoms with E-state index in [4.69, 9.17) is 27.9 Å². The standard InChI is InChI=1S/C19H16Cl2N2O5S2/c1-28-17-6-2-15(3-7-17)22-29(24,25)18-8-4-16(5-9-18)23-30(26,27)19-11-13(20)10-14(21)12-19/h2-12,22-23H,1H3. The fourth-order valence-corrected chi connectivity index (χ4v) is 5.32. The molecule has 0 heterocycles. The maximum atomic E-state index is 12.5. The summed E-state index contributed by atoms with van der Waals surface area (Å²) in [5.74, 6) is 0.593. The zero-order chi connectivity index (χ0) is 21.9. The SMILES string of the molecule is COc1ccc(NS(=O)(=O)c2ccc(NS(=O)(=O)c3cc(Cl)cc(Cl)c3)cc2)cc1. The summed E-state index contributed by atoms with van der Waals surface area (Å²) < 4.78 is 59.9. The van der Waals surface area contributed by atoms with Gasteiger partial charge in [0.25, 0.3) is 20.0 Å². The summed E-state index contributed by atoms with van der Waals surface area (Å²) >= 11 is 11.7. The van der Waals surface area contributed by atoms with Crippen LogP contribution in [-0.2, 0) is 20.0 Å². The van der Waals surface area contributed by atoms with Crippen LogP contribution in [0.25, 0.3) is 0 Å². The van der Waals surface area contributed by atoms with Gasteiger partial charge in [-0.2, -0.15) is 0 Å². The number of benzene rings is 3. The molecule has 3 aromatic rings. The highest BCUT2D eigenvalue weighted by molar-refractivity contribution is 7.93. The third kappa shape index (κ3) is 5.37. The lowest BCUT2D eigenvalue weighted by Gasteiger charge is -2.11. The Labute approximate surface area is 184 Å². The van der Waals surface area contributed by atoms with Crippen molar-refractivity contribution in [3.63, 3.8) is 0 Å². The molecule has 0 atom stereocenters. The average molecular weight is 487 g/mol. The van der Waals surface area contributed by atoms with E-state index in [2.05, 4.69) is 9.44 Å². The second-order valence-electron chi connectivity index (χ2n) is 6.07. The van der Waals surface area contributed by atoms with Gasteiger partial charge in [-0.1, -0.05) is 23.2 Å². The van der Waals surface area contributed by atoms with Gasteiger partial charge in [0.15, 0.2) is 0 Å². The Morgan fingerprint density at radius 2 is 1.10 bits per heavy atom. The number of nitrogens with one attached hydrogen (secondary N) is 2. The lowest BCUT2D eigenvalue weighted by atomic mass is 10.3. The first-order chi connectivity index (χ1) is 14.1. The van der Waals surface area contributed by atoms with Crippen LogP contribution in [0, 0.1) is 0 Å². The third-order valence-electron chi connectivity index (χ3n) is 3.91. The van der Waals surface area contributed by atoms with E-state index >= 15 is 0 Å². The zero-order valence-electron chi connectivity index (χ0n) is 15.5. The van der Waals surface area contributed by atoms with E-state index in [1.54, 1.807) is 24.3 Å². The van der Waals surface area contributed by atoms with Crippen LogP contribution < -0.4 is 14.2 Å². The summed E-state index contributed by atoms with van der Waals surface area (Å²) in [4.78, 5) is -0.148. The predicted molar refractivity (Wildman–Crippen MR) is 118 cm³/mol. The minimum atomic E-state index is -3.96. The van der Waals surface area contributed by atoms with Gasteiger partial charge < -0.3 is 4.74 Å². The van der Waals surface area contributed by atoms with Crippen LogP contribution in [0.3, 0.4) is 0 Å². The Morgan fingerprint density at radius 1 is 0.667 bits per heavy atom. The Kier molecular flexibility index (Phi) is 6.47. The van der Waals surface area contributed by atoms with Crippen molar-refractivity contribution in [1.82, 2.24) is 0 Å². The number of methoxy groups -OCH3 is 1. The van der Waals surface area contributed by atoms with Gasteiger partial charge in [-0.25, -0.2) is 16.8 Å². The number of sulfonamides is 2. The molecule has 0 bridgehead atoms. The van der Waals surface area contributed by atoms with Crippen LogP contribution in [-0.4, -0.2) is 23.9 Å². The van der Waals surface area contributed by atoms with E-state index in [0.29, 0.717) is 11.4 Å². The van der Waals surface area contributed by atoms with Crippen molar-refractivity contribution < 1.29 is 21.6 Å². The van der Waals surface area contributed by atoms with E-state index in [1.807, 2.05) is 0 Å². The smallest absolute Gasteiger partial charge is 0.261 e. The molecule has 0 aliphatic carbocycles. The summed E-state index contributed by atoms with van der Waals surface area (Å²) in [5, 5.41) is 0.350. The van der Waals surface area contributed by atoms with Crippen molar-refractivity contribution in [3.8, 4) is 5.75 Å². The molecule has 11 heteroatoms. The van der Waals surface area contributed by atoms with Crippen LogP contribution in [0.2, 0.25) is 10.0 Å². The van der Waals surface area contributed by atoms with Crippen molar-refractivity contribution in [2.75, 3.05) is 16.6 Å². The highest BCUT2D eigenvalue weighted by Crippen LogP contribution is 2.25. The molecule has 0 aliphatic rings. The lowest BCUT2D eigenvalue weighted by Crippen LogP contribution is -2.14. The van der Waals surface area contributed by atoms with Gasteiger partial charge in [-0.05, 0) is 66.7 Å². The summed E-state index contributed by atoms with van der Waals surface area (Å²) in [6, 6.07) is 15.6. The van der Waals surface area contributed by atoms with Gasteiger partial charge in [0.2, 0.25) is 0 Å². The summed E-state index contributed by atoms with van der Waals surface area (Å²) in [6.45, 7) is 0. The molecule has 3 aromatic carbocycles. The van der Waals surface area contributed by atoms with Gasteiger partial charge in [0.05, 0.1) is 16.9 Å². The number of hydrogen-bond acceptors (Lipinski definition) is 5. The van der Waals surface area contributed by atoms with Crippen molar-refractivity contribution in [2.24, 2.45) is 0 Å². The quantitative estimate of drug-likeness (QED) is 0.507. The van der Waals surface area contributed by atoms with E-state index in [1.165, 1.54) is 49.6 Å². The van der Waals surface area contributed by atoms with E-state index in [0.717, 1.165) is 0 Å². The summed E-state index contributed by atoms with van der Waals surface area (Å²) in [7, 11) is -6.31. The number of rotatable bonds is 7. The zero-order valence-corrected chi connectivity index (χ0v) is 18.6. The first-order valence-electron chi connectivity index (χ1n) is 8.35. The largest absolute Gasteiger partial charge is 0.497 e. The van der Waals surface area contributed by atoms with Gasteiger partial charge >= 0.3 is 0 Å². The summed E-state index contributed by atoms with van der Waals surface area (Å²) in [6.07, 6.45) is 0. The maximum absolute atomic E-state index is 12.5. The van der Waals surface area contributed by atoms with Crippen LogP contribution >= 0.6 is 23.2 Å². The number of halogens is 2. The average Bonchev–Trinajstić information content (AvgIpc) is 2.68. The molecule has 2 N–H and O–H groups in total. The lowest BCUT2D eigenvalue weighted by molar-refractivity contribution is 0.415. The first-order valence-corrected chi connectivity index (χ1v) is 12.1. The van der Waals surface area contributed by atoms with Crippen LogP contribution in [0.4, 0.5) is 11.4 Å². The minimum Gasteiger partial charge on any atom is -0.497 e. The van der Waals surface area contributed by atoms with Crippen molar-refractivity contribution >= 4 is 54.6 Å². The monoisotopic (exact) mass is 486 g/mol. The molecule has 3 rings (SSSR count). The fraction of sp³-hybridized carbons (Fsp3) is 0.0526. The van der Waals surface area contributed by atoms with Crippen LogP contribution in [0.1, 0.15) is 0 Å². The number of ether oxygens (including phenoxy) is 1. The third-order valence-corrected chi connectivity index (χ3v) is 7.10. The highest BCUT2D eigenvalue weighted by Gasteiger charge is 2.18. The molecular formula is C19H16Cl2N2O5S2. The van der Waals surface area contributed by atoms with E-state index in [-0.39, 0.29) is 25.5 Å². The van der Waals surface area contributed by atoms with Gasteiger partial charge in [-0.15, -0.1) is 0 Å². The molecule has 0 amide bonds. The Hall–Kier alpha value is -2.46. The molecule has 0 aliphatic heterocycles. The molecular weight excluding hydrogens is 471 g/mol. The van der Waals surface area contributed by atoms with Gasteiger partial charge in [0, 0.05) is 21.4 Å². The van der Waals surface area contributed by atoms with Crippen molar-refractivity contribution in [3.05, 3.63) is 76.8 Å². The molecule has 30 heavy (non-hydrogen) atoms. The topological polar surface area (TPSA) is 102 Å². The molecule has 0 spiro atoms. The van der Waals surface area contributed by atoms with Gasteiger partial charge in [0.1, 0.15) is 5.75 Å². The number of anilines is 2. The van der Waals surface area contributed by atoms with E-state index in [9.17, 15) is 16.8 Å². The van der Waals surface area contributed by atoms with Crippen molar-refractivity contribution in [1.29, 1.82) is 0 Å². The van der Waals surface area contributed by atoms with Crippen LogP contribution in [0.15, 0.2) is 76.5 Å². The van der Waals surface area contributed by atoms with E-state index < -0.39 is 20.0 Å². The molecule has 0 saturated heterocycles. The molecule has 0 unspecified atom stereocenters. The normalized spacial score (nSPS) is 11.7. The second kappa shape index (κ2) is 8.73. The Balaban J connectivity index is 1.78. The summed E-state index contributed by atoms with van der Waals surface area (Å²) in [5.41, 5.74) is 0.535. The Morgan fingerprint density at radius 3 is 1.57 bits per heavy atom. The number of hydrogen-bond donors (Lipinski definition) is 2. The maximum Gasteiger partial charge on any atom is 0.261 e. The fourth-order valence-electron chi connectivity index (χ4n) is 2.47. The Bertz CT molecular complexity index is 1240. The minimum absolute atomic E-state index is 0.0351. The predicted octanol–water partition coefficient (Wildman–Crippen LogP) is 4.60.